The van der Waals surface area contributed by atoms with Gasteiger partial charge in [-0.1, -0.05) is 6.07 Å². The highest BCUT2D eigenvalue weighted by molar-refractivity contribution is 9.10. The molecule has 3 heterocycles. The highest BCUT2D eigenvalue weighted by Crippen LogP contribution is 2.25. The van der Waals surface area contributed by atoms with E-state index in [2.05, 4.69) is 36.1 Å². The molecule has 19 heavy (non-hydrogen) atoms. The van der Waals surface area contributed by atoms with Crippen LogP contribution in [0.4, 0.5) is 0 Å². The Labute approximate surface area is 117 Å². The molecule has 3 aromatic rings. The van der Waals surface area contributed by atoms with Crippen LogP contribution in [0.5, 0.6) is 5.75 Å². The van der Waals surface area contributed by atoms with E-state index < -0.39 is 0 Å². The lowest BCUT2D eigenvalue weighted by Crippen LogP contribution is -2.05. The number of ether oxygens (including phenoxy) is 1. The van der Waals surface area contributed by atoms with Crippen LogP contribution in [0.1, 0.15) is 18.6 Å². The average molecular weight is 320 g/mol. The quantitative estimate of drug-likeness (QED) is 0.694. The van der Waals surface area contributed by atoms with Crippen molar-refractivity contribution < 1.29 is 4.74 Å². The molecule has 0 radical (unpaired) electrons. The highest BCUT2D eigenvalue weighted by atomic mass is 79.9. The molecule has 0 N–H and O–H groups in total. The molecule has 6 nitrogen and oxygen atoms in total. The van der Waals surface area contributed by atoms with Crippen LogP contribution in [0.2, 0.25) is 0 Å². The zero-order valence-corrected chi connectivity index (χ0v) is 11.6. The molecule has 0 saturated heterocycles. The fourth-order valence-electron chi connectivity index (χ4n) is 1.73. The Balaban J connectivity index is 1.94. The summed E-state index contributed by atoms with van der Waals surface area (Å²) in [4.78, 5) is 8.26. The lowest BCUT2D eigenvalue weighted by molar-refractivity contribution is 0.227. The lowest BCUT2D eigenvalue weighted by Gasteiger charge is -2.14. The van der Waals surface area contributed by atoms with Crippen molar-refractivity contribution in [2.45, 2.75) is 13.0 Å². The molecule has 96 valence electrons. The maximum Gasteiger partial charge on any atom is 0.206 e. The van der Waals surface area contributed by atoms with Gasteiger partial charge in [-0.25, -0.2) is 4.98 Å². The molecule has 0 bridgehead atoms. The molecule has 0 amide bonds. The van der Waals surface area contributed by atoms with Gasteiger partial charge in [0, 0.05) is 18.0 Å². The third-order valence-corrected chi connectivity index (χ3v) is 3.30. The van der Waals surface area contributed by atoms with Crippen molar-refractivity contribution in [3.63, 3.8) is 0 Å². The molecule has 0 aliphatic carbocycles. The van der Waals surface area contributed by atoms with Gasteiger partial charge in [-0.15, -0.1) is 10.2 Å². The Morgan fingerprint density at radius 2 is 2.26 bits per heavy atom. The number of nitrogens with zero attached hydrogens (tertiary/aromatic N) is 5. The van der Waals surface area contributed by atoms with Crippen LogP contribution in [0.3, 0.4) is 0 Å². The summed E-state index contributed by atoms with van der Waals surface area (Å²) in [6.45, 7) is 1.95. The van der Waals surface area contributed by atoms with Crippen molar-refractivity contribution in [1.29, 1.82) is 0 Å². The third-order valence-electron chi connectivity index (χ3n) is 2.71. The molecular weight excluding hydrogens is 310 g/mol. The predicted molar refractivity (Wildman–Crippen MR) is 71.8 cm³/mol. The van der Waals surface area contributed by atoms with Gasteiger partial charge in [0.2, 0.25) is 5.65 Å². The molecule has 0 aliphatic rings. The van der Waals surface area contributed by atoms with Gasteiger partial charge in [-0.2, -0.15) is 0 Å². The van der Waals surface area contributed by atoms with Crippen molar-refractivity contribution in [2.24, 2.45) is 0 Å². The van der Waals surface area contributed by atoms with Gasteiger partial charge in [0.25, 0.3) is 0 Å². The topological polar surface area (TPSA) is 65.2 Å². The second-order valence-electron chi connectivity index (χ2n) is 3.96. The van der Waals surface area contributed by atoms with E-state index in [-0.39, 0.29) is 6.10 Å². The molecule has 1 unspecified atom stereocenters. The first-order chi connectivity index (χ1) is 9.25. The maximum atomic E-state index is 5.88. The summed E-state index contributed by atoms with van der Waals surface area (Å²) in [5, 5.41) is 7.88. The average Bonchev–Trinajstić information content (AvgIpc) is 2.93. The molecule has 0 fully saturated rings. The smallest absolute Gasteiger partial charge is 0.206 e. The number of halogens is 1. The maximum absolute atomic E-state index is 5.88. The molecule has 0 aliphatic heterocycles. The van der Waals surface area contributed by atoms with Crippen molar-refractivity contribution >= 4 is 21.6 Å². The first-order valence-electron chi connectivity index (χ1n) is 5.66. The summed E-state index contributed by atoms with van der Waals surface area (Å²) in [5.74, 6) is 0.581. The van der Waals surface area contributed by atoms with Gasteiger partial charge in [0.15, 0.2) is 10.5 Å². The Morgan fingerprint density at radius 1 is 1.37 bits per heavy atom. The number of rotatable bonds is 3. The number of pyridine rings is 1. The Morgan fingerprint density at radius 3 is 3.05 bits per heavy atom. The molecule has 0 saturated carbocycles. The van der Waals surface area contributed by atoms with E-state index in [1.807, 2.05) is 19.1 Å². The van der Waals surface area contributed by atoms with E-state index in [0.29, 0.717) is 16.1 Å². The zero-order valence-electron chi connectivity index (χ0n) is 10.1. The van der Waals surface area contributed by atoms with Crippen molar-refractivity contribution in [1.82, 2.24) is 24.6 Å². The van der Waals surface area contributed by atoms with Crippen LogP contribution in [0.25, 0.3) is 5.65 Å². The number of aromatic nitrogens is 5. The van der Waals surface area contributed by atoms with Crippen molar-refractivity contribution in [3.05, 3.63) is 47.3 Å². The van der Waals surface area contributed by atoms with Crippen LogP contribution >= 0.6 is 15.9 Å². The van der Waals surface area contributed by atoms with Gasteiger partial charge in [0.1, 0.15) is 12.4 Å². The van der Waals surface area contributed by atoms with Gasteiger partial charge in [-0.3, -0.25) is 9.38 Å². The van der Waals surface area contributed by atoms with Crippen LogP contribution in [0, 0.1) is 0 Å². The van der Waals surface area contributed by atoms with E-state index >= 15 is 0 Å². The van der Waals surface area contributed by atoms with Crippen molar-refractivity contribution in [3.8, 4) is 5.75 Å². The summed E-state index contributed by atoms with van der Waals surface area (Å²) in [6, 6.07) is 3.84. The first-order valence-corrected chi connectivity index (χ1v) is 6.46. The number of hydrogen-bond donors (Lipinski definition) is 0. The molecule has 7 heteroatoms. The van der Waals surface area contributed by atoms with E-state index in [4.69, 9.17) is 4.74 Å². The Kier molecular flexibility index (Phi) is 3.12. The molecule has 0 spiro atoms. The molecule has 3 aromatic heterocycles. The third kappa shape index (κ3) is 2.28. The first kappa shape index (κ1) is 12.0. The minimum atomic E-state index is -0.142. The number of hydrogen-bond acceptors (Lipinski definition) is 5. The molecular formula is C12H10BrN5O. The van der Waals surface area contributed by atoms with Crippen LogP contribution < -0.4 is 4.74 Å². The minimum absolute atomic E-state index is 0.142. The zero-order chi connectivity index (χ0) is 13.2. The summed E-state index contributed by atoms with van der Waals surface area (Å²) in [5.41, 5.74) is 1.61. The normalized spacial score (nSPS) is 12.5. The summed E-state index contributed by atoms with van der Waals surface area (Å²) in [6.07, 6.45) is 6.57. The van der Waals surface area contributed by atoms with Gasteiger partial charge in [-0.05, 0) is 28.9 Å². The molecule has 3 rings (SSSR count). The van der Waals surface area contributed by atoms with Gasteiger partial charge < -0.3 is 4.74 Å². The minimum Gasteiger partial charge on any atom is -0.480 e. The monoisotopic (exact) mass is 319 g/mol. The number of fused-ring (bicyclic) bond motifs is 1. The second-order valence-corrected chi connectivity index (χ2v) is 4.67. The van der Waals surface area contributed by atoms with Gasteiger partial charge >= 0.3 is 0 Å². The largest absolute Gasteiger partial charge is 0.480 e. The highest BCUT2D eigenvalue weighted by Gasteiger charge is 2.13. The molecule has 0 aromatic carbocycles. The summed E-state index contributed by atoms with van der Waals surface area (Å²) < 4.78 is 8.23. The fourth-order valence-corrected chi connectivity index (χ4v) is 2.09. The summed E-state index contributed by atoms with van der Waals surface area (Å²) in [7, 11) is 0. The standard InChI is InChI=1S/C12H10BrN5O/c1-8(9-3-2-4-14-5-9)19-10-6-15-12(13)18-7-16-17-11(10)18/h2-8H,1H3. The van der Waals surface area contributed by atoms with Crippen LogP contribution in [0.15, 0.2) is 41.8 Å². The Hall–Kier alpha value is -2.02. The Bertz CT molecular complexity index is 700. The summed E-state index contributed by atoms with van der Waals surface area (Å²) >= 11 is 3.33. The lowest BCUT2D eigenvalue weighted by atomic mass is 10.2. The van der Waals surface area contributed by atoms with E-state index in [1.54, 1.807) is 29.3 Å². The second kappa shape index (κ2) is 4.93. The van der Waals surface area contributed by atoms with Crippen LogP contribution in [-0.2, 0) is 0 Å². The SMILES string of the molecule is CC(Oc1cnc(Br)n2cnnc12)c1cccnc1. The van der Waals surface area contributed by atoms with E-state index in [1.165, 1.54) is 0 Å². The van der Waals surface area contributed by atoms with E-state index in [0.717, 1.165) is 5.56 Å². The fraction of sp³-hybridized carbons (Fsp3) is 0.167. The van der Waals surface area contributed by atoms with Gasteiger partial charge in [0.05, 0.1) is 6.20 Å². The predicted octanol–water partition coefficient (Wildman–Crippen LogP) is 2.42. The molecule has 1 atom stereocenters. The van der Waals surface area contributed by atoms with Crippen molar-refractivity contribution in [2.75, 3.05) is 0 Å². The van der Waals surface area contributed by atoms with Crippen LogP contribution in [-0.4, -0.2) is 24.6 Å². The van der Waals surface area contributed by atoms with E-state index in [9.17, 15) is 0 Å².